The van der Waals surface area contributed by atoms with Crippen molar-refractivity contribution in [2.75, 3.05) is 4.72 Å². The molecule has 0 saturated heterocycles. The number of hydrogen-bond acceptors (Lipinski definition) is 4. The third-order valence-corrected chi connectivity index (χ3v) is 4.41. The van der Waals surface area contributed by atoms with Gasteiger partial charge in [-0.15, -0.1) is 0 Å². The summed E-state index contributed by atoms with van der Waals surface area (Å²) in [6.07, 6.45) is 0. The highest BCUT2D eigenvalue weighted by molar-refractivity contribution is 7.92. The number of sulfonamides is 1. The number of aromatic carboxylic acids is 1. The number of anilines is 1. The van der Waals surface area contributed by atoms with Crippen molar-refractivity contribution in [1.29, 1.82) is 0 Å². The van der Waals surface area contributed by atoms with Crippen LogP contribution < -0.4 is 4.72 Å². The molecule has 2 aromatic rings. The van der Waals surface area contributed by atoms with Crippen LogP contribution in [-0.2, 0) is 10.0 Å². The van der Waals surface area contributed by atoms with Crippen molar-refractivity contribution in [2.24, 2.45) is 0 Å². The zero-order chi connectivity index (χ0) is 17.2. The molecule has 0 spiro atoms. The van der Waals surface area contributed by atoms with E-state index in [4.69, 9.17) is 5.11 Å². The first-order valence-electron chi connectivity index (χ1n) is 6.37. The van der Waals surface area contributed by atoms with E-state index in [-0.39, 0.29) is 16.4 Å². The van der Waals surface area contributed by atoms with Crippen LogP contribution in [0.2, 0.25) is 0 Å². The van der Waals surface area contributed by atoms with Crippen LogP contribution in [-0.4, -0.2) is 25.3 Å². The van der Waals surface area contributed by atoms with E-state index in [9.17, 15) is 22.4 Å². The summed E-state index contributed by atoms with van der Waals surface area (Å²) in [6, 6.07) is 7.84. The molecule has 0 saturated carbocycles. The van der Waals surface area contributed by atoms with Gasteiger partial charge in [-0.1, -0.05) is 12.1 Å². The van der Waals surface area contributed by atoms with Crippen molar-refractivity contribution >= 4 is 27.5 Å². The van der Waals surface area contributed by atoms with Gasteiger partial charge >= 0.3 is 5.97 Å². The SMILES string of the molecule is CC(=O)c1ccc(S(=O)(=O)Nc2ccc(F)cc2C(=O)O)cc1. The summed E-state index contributed by atoms with van der Waals surface area (Å²) in [6.45, 7) is 1.35. The van der Waals surface area contributed by atoms with E-state index in [1.165, 1.54) is 31.2 Å². The summed E-state index contributed by atoms with van der Waals surface area (Å²) in [4.78, 5) is 22.1. The number of rotatable bonds is 5. The highest BCUT2D eigenvalue weighted by atomic mass is 32.2. The van der Waals surface area contributed by atoms with Crippen molar-refractivity contribution < 1.29 is 27.5 Å². The predicted octanol–water partition coefficient (Wildman–Crippen LogP) is 2.53. The number of carboxylic acids is 1. The number of carbonyl (C=O) groups is 2. The van der Waals surface area contributed by atoms with Gasteiger partial charge < -0.3 is 5.11 Å². The van der Waals surface area contributed by atoms with E-state index in [1.807, 2.05) is 0 Å². The first-order valence-corrected chi connectivity index (χ1v) is 7.85. The Labute approximate surface area is 131 Å². The van der Waals surface area contributed by atoms with Crippen molar-refractivity contribution in [2.45, 2.75) is 11.8 Å². The van der Waals surface area contributed by atoms with Gasteiger partial charge in [-0.25, -0.2) is 17.6 Å². The quantitative estimate of drug-likeness (QED) is 0.817. The maximum atomic E-state index is 13.1. The molecule has 0 radical (unpaired) electrons. The lowest BCUT2D eigenvalue weighted by molar-refractivity contribution is 0.0697. The molecule has 8 heteroatoms. The van der Waals surface area contributed by atoms with E-state index in [0.29, 0.717) is 5.56 Å². The number of hydrogen-bond donors (Lipinski definition) is 2. The van der Waals surface area contributed by atoms with E-state index < -0.39 is 27.4 Å². The Morgan fingerprint density at radius 1 is 1.09 bits per heavy atom. The molecule has 0 aliphatic carbocycles. The fourth-order valence-corrected chi connectivity index (χ4v) is 2.93. The smallest absolute Gasteiger partial charge is 0.337 e. The third-order valence-electron chi connectivity index (χ3n) is 3.03. The summed E-state index contributed by atoms with van der Waals surface area (Å²) in [7, 11) is -4.07. The third kappa shape index (κ3) is 3.72. The van der Waals surface area contributed by atoms with Crippen molar-refractivity contribution in [3.63, 3.8) is 0 Å². The predicted molar refractivity (Wildman–Crippen MR) is 80.6 cm³/mol. The van der Waals surface area contributed by atoms with Gasteiger partial charge in [0.1, 0.15) is 5.82 Å². The minimum absolute atomic E-state index is 0.150. The second-order valence-electron chi connectivity index (χ2n) is 4.68. The summed E-state index contributed by atoms with van der Waals surface area (Å²) < 4.78 is 39.7. The lowest BCUT2D eigenvalue weighted by Gasteiger charge is -2.11. The molecule has 23 heavy (non-hydrogen) atoms. The van der Waals surface area contributed by atoms with Crippen LogP contribution in [0.1, 0.15) is 27.6 Å². The minimum Gasteiger partial charge on any atom is -0.478 e. The van der Waals surface area contributed by atoms with Crippen LogP contribution in [0, 0.1) is 5.82 Å². The van der Waals surface area contributed by atoms with Crippen molar-refractivity contribution in [3.8, 4) is 0 Å². The van der Waals surface area contributed by atoms with Crippen LogP contribution in [0.15, 0.2) is 47.4 Å². The van der Waals surface area contributed by atoms with Gasteiger partial charge in [0, 0.05) is 5.56 Å². The zero-order valence-corrected chi connectivity index (χ0v) is 12.7. The molecule has 0 bridgehead atoms. The van der Waals surface area contributed by atoms with Gasteiger partial charge in [0.2, 0.25) is 0 Å². The molecule has 6 nitrogen and oxygen atoms in total. The summed E-state index contributed by atoms with van der Waals surface area (Å²) in [5.74, 6) is -2.47. The van der Waals surface area contributed by atoms with Crippen LogP contribution in [0.5, 0.6) is 0 Å². The number of carbonyl (C=O) groups excluding carboxylic acids is 1. The van der Waals surface area contributed by atoms with Gasteiger partial charge in [-0.05, 0) is 37.3 Å². The fourth-order valence-electron chi connectivity index (χ4n) is 1.85. The molecule has 0 aliphatic heterocycles. The normalized spacial score (nSPS) is 11.0. The average molecular weight is 337 g/mol. The first-order chi connectivity index (χ1) is 10.7. The molecular weight excluding hydrogens is 325 g/mol. The van der Waals surface area contributed by atoms with E-state index >= 15 is 0 Å². The van der Waals surface area contributed by atoms with Gasteiger partial charge in [-0.3, -0.25) is 9.52 Å². The van der Waals surface area contributed by atoms with Gasteiger partial charge in [0.15, 0.2) is 5.78 Å². The molecule has 0 heterocycles. The molecule has 0 atom stereocenters. The molecule has 0 unspecified atom stereocenters. The van der Waals surface area contributed by atoms with Gasteiger partial charge in [-0.2, -0.15) is 0 Å². The molecular formula is C15H12FNO5S. The van der Waals surface area contributed by atoms with Crippen molar-refractivity contribution in [1.82, 2.24) is 0 Å². The number of benzene rings is 2. The topological polar surface area (TPSA) is 101 Å². The van der Waals surface area contributed by atoms with Crippen LogP contribution >= 0.6 is 0 Å². The van der Waals surface area contributed by atoms with Crippen LogP contribution in [0.3, 0.4) is 0 Å². The Morgan fingerprint density at radius 2 is 1.70 bits per heavy atom. The first kappa shape index (κ1) is 16.6. The van der Waals surface area contributed by atoms with E-state index in [0.717, 1.165) is 18.2 Å². The van der Waals surface area contributed by atoms with Crippen molar-refractivity contribution in [3.05, 3.63) is 59.4 Å². The Morgan fingerprint density at radius 3 is 2.22 bits per heavy atom. The van der Waals surface area contributed by atoms with E-state index in [1.54, 1.807) is 0 Å². The minimum atomic E-state index is -4.07. The molecule has 0 fully saturated rings. The highest BCUT2D eigenvalue weighted by Gasteiger charge is 2.19. The molecule has 0 aromatic heterocycles. The standard InChI is InChI=1S/C15H12FNO5S/c1-9(18)10-2-5-12(6-3-10)23(21,22)17-14-7-4-11(16)8-13(14)15(19)20/h2-8,17H,1H3,(H,19,20). The second kappa shape index (κ2) is 6.17. The molecule has 2 N–H and O–H groups in total. The zero-order valence-electron chi connectivity index (χ0n) is 11.9. The molecule has 2 rings (SSSR count). The average Bonchev–Trinajstić information content (AvgIpc) is 2.48. The highest BCUT2D eigenvalue weighted by Crippen LogP contribution is 2.21. The number of carboxylic acid groups (broad SMARTS) is 1. The van der Waals surface area contributed by atoms with Gasteiger partial charge in [0.25, 0.3) is 10.0 Å². The monoisotopic (exact) mass is 337 g/mol. The fraction of sp³-hybridized carbons (Fsp3) is 0.0667. The lowest BCUT2D eigenvalue weighted by atomic mass is 10.2. The lowest BCUT2D eigenvalue weighted by Crippen LogP contribution is -2.16. The number of halogens is 1. The Balaban J connectivity index is 2.39. The largest absolute Gasteiger partial charge is 0.478 e. The molecule has 2 aromatic carbocycles. The maximum absolute atomic E-state index is 13.1. The Kier molecular flexibility index (Phi) is 4.46. The molecule has 120 valence electrons. The Hall–Kier alpha value is -2.74. The molecule has 0 amide bonds. The summed E-state index contributed by atoms with van der Waals surface area (Å²) >= 11 is 0. The second-order valence-corrected chi connectivity index (χ2v) is 6.36. The summed E-state index contributed by atoms with van der Waals surface area (Å²) in [5, 5.41) is 9.02. The van der Waals surface area contributed by atoms with Crippen LogP contribution in [0.4, 0.5) is 10.1 Å². The van der Waals surface area contributed by atoms with Gasteiger partial charge in [0.05, 0.1) is 16.1 Å². The molecule has 0 aliphatic rings. The summed E-state index contributed by atoms with van der Waals surface area (Å²) in [5.41, 5.74) is -0.416. The number of ketones is 1. The van der Waals surface area contributed by atoms with E-state index in [2.05, 4.69) is 4.72 Å². The Bertz CT molecular complexity index is 875. The van der Waals surface area contributed by atoms with Crippen LogP contribution in [0.25, 0.3) is 0 Å². The number of nitrogens with one attached hydrogen (secondary N) is 1. The maximum Gasteiger partial charge on any atom is 0.337 e. The number of Topliss-reactive ketones (excluding diaryl/α,β-unsaturated/α-hetero) is 1.